The van der Waals surface area contributed by atoms with Gasteiger partial charge in [-0.25, -0.2) is 4.39 Å². The molecular weight excluding hydrogens is 317 g/mol. The molecule has 2 aromatic rings. The van der Waals surface area contributed by atoms with Crippen molar-refractivity contribution in [2.24, 2.45) is 5.41 Å². The molecule has 0 aliphatic rings. The van der Waals surface area contributed by atoms with E-state index in [0.29, 0.717) is 17.7 Å². The second-order valence-electron chi connectivity index (χ2n) is 6.50. The summed E-state index contributed by atoms with van der Waals surface area (Å²) in [5.74, 6) is 4.25. The molecular formula is C21H22FNO2. The van der Waals surface area contributed by atoms with Gasteiger partial charge < -0.3 is 10.4 Å². The maximum atomic E-state index is 14.0. The lowest BCUT2D eigenvalue weighted by Gasteiger charge is -2.15. The van der Waals surface area contributed by atoms with Crippen molar-refractivity contribution < 1.29 is 14.3 Å². The Balaban J connectivity index is 2.12. The Morgan fingerprint density at radius 1 is 1.24 bits per heavy atom. The van der Waals surface area contributed by atoms with Gasteiger partial charge in [0.2, 0.25) is 0 Å². The number of halogens is 1. The van der Waals surface area contributed by atoms with Crippen molar-refractivity contribution in [3.8, 4) is 11.8 Å². The zero-order chi connectivity index (χ0) is 18.4. The van der Waals surface area contributed by atoms with Crippen molar-refractivity contribution in [1.82, 2.24) is 5.32 Å². The molecule has 0 bridgehead atoms. The minimum Gasteiger partial charge on any atom is -0.480 e. The molecule has 2 N–H and O–H groups in total. The maximum absolute atomic E-state index is 14.0. The summed E-state index contributed by atoms with van der Waals surface area (Å²) >= 11 is 0. The van der Waals surface area contributed by atoms with Gasteiger partial charge in [0, 0.05) is 23.7 Å². The minimum absolute atomic E-state index is 0.0845. The van der Waals surface area contributed by atoms with Crippen molar-refractivity contribution in [2.45, 2.75) is 33.4 Å². The molecule has 0 aliphatic heterocycles. The van der Waals surface area contributed by atoms with Crippen LogP contribution in [-0.4, -0.2) is 11.1 Å². The Hall–Kier alpha value is -2.64. The van der Waals surface area contributed by atoms with E-state index < -0.39 is 11.4 Å². The van der Waals surface area contributed by atoms with E-state index in [1.807, 2.05) is 37.3 Å². The zero-order valence-corrected chi connectivity index (χ0v) is 14.6. The Morgan fingerprint density at radius 3 is 2.56 bits per heavy atom. The van der Waals surface area contributed by atoms with Crippen LogP contribution in [0.4, 0.5) is 4.39 Å². The van der Waals surface area contributed by atoms with Crippen LogP contribution < -0.4 is 5.32 Å². The summed E-state index contributed by atoms with van der Waals surface area (Å²) in [7, 11) is 0. The zero-order valence-electron chi connectivity index (χ0n) is 14.6. The first-order valence-electron chi connectivity index (χ1n) is 8.13. The third-order valence-corrected chi connectivity index (χ3v) is 4.00. The summed E-state index contributed by atoms with van der Waals surface area (Å²) in [6.07, 6.45) is 0. The molecule has 0 fully saturated rings. The molecule has 0 spiro atoms. The number of aliphatic carboxylic acids is 1. The minimum atomic E-state index is -1.14. The highest BCUT2D eigenvalue weighted by atomic mass is 19.1. The molecule has 1 unspecified atom stereocenters. The van der Waals surface area contributed by atoms with E-state index in [4.69, 9.17) is 5.11 Å². The monoisotopic (exact) mass is 339 g/mol. The molecule has 0 amide bonds. The van der Waals surface area contributed by atoms with E-state index in [2.05, 4.69) is 17.2 Å². The largest absolute Gasteiger partial charge is 0.480 e. The first kappa shape index (κ1) is 18.7. The maximum Gasteiger partial charge on any atom is 0.321 e. The molecule has 2 aromatic carbocycles. The first-order chi connectivity index (χ1) is 11.8. The number of nitrogens with one attached hydrogen (secondary N) is 1. The van der Waals surface area contributed by atoms with Crippen molar-refractivity contribution in [2.75, 3.05) is 0 Å². The summed E-state index contributed by atoms with van der Waals surface area (Å²) in [5.41, 5.74) is 1.08. The van der Waals surface area contributed by atoms with Gasteiger partial charge in [-0.1, -0.05) is 42.2 Å². The van der Waals surface area contributed by atoms with Crippen molar-refractivity contribution in [1.29, 1.82) is 0 Å². The highest BCUT2D eigenvalue weighted by molar-refractivity contribution is 5.77. The van der Waals surface area contributed by atoms with Gasteiger partial charge in [0.1, 0.15) is 11.2 Å². The van der Waals surface area contributed by atoms with E-state index >= 15 is 0 Å². The number of carbonyl (C=O) groups is 1. The summed E-state index contributed by atoms with van der Waals surface area (Å²) < 4.78 is 14.0. The van der Waals surface area contributed by atoms with Gasteiger partial charge >= 0.3 is 5.97 Å². The SMILES string of the molecule is CC(NCc1cc(C#CC(C)(C)C(=O)O)ccc1F)c1ccccc1. The summed E-state index contributed by atoms with van der Waals surface area (Å²) in [5, 5.41) is 12.4. The van der Waals surface area contributed by atoms with Crippen LogP contribution in [0.1, 0.15) is 43.5 Å². The molecule has 0 heterocycles. The second kappa shape index (κ2) is 7.96. The lowest BCUT2D eigenvalue weighted by molar-refractivity contribution is -0.143. The first-order valence-corrected chi connectivity index (χ1v) is 8.13. The average molecular weight is 339 g/mol. The Labute approximate surface area is 147 Å². The predicted molar refractivity (Wildman–Crippen MR) is 96.4 cm³/mol. The van der Waals surface area contributed by atoms with Crippen LogP contribution in [0.5, 0.6) is 0 Å². The molecule has 2 rings (SSSR count). The molecule has 25 heavy (non-hydrogen) atoms. The van der Waals surface area contributed by atoms with Gasteiger partial charge in [-0.3, -0.25) is 4.79 Å². The van der Waals surface area contributed by atoms with Crippen LogP contribution in [0, 0.1) is 23.1 Å². The van der Waals surface area contributed by atoms with Crippen LogP contribution in [0.2, 0.25) is 0 Å². The standard InChI is InChI=1S/C21H22FNO2/c1-15(17-7-5-4-6-8-17)23-14-18-13-16(9-10-19(18)22)11-12-21(2,3)20(24)25/h4-10,13,15,23H,14H2,1-3H3,(H,24,25). The third-order valence-electron chi connectivity index (χ3n) is 4.00. The number of hydrogen-bond donors (Lipinski definition) is 2. The Kier molecular flexibility index (Phi) is 5.95. The quantitative estimate of drug-likeness (QED) is 0.805. The van der Waals surface area contributed by atoms with E-state index in [1.54, 1.807) is 12.1 Å². The fourth-order valence-corrected chi connectivity index (χ4v) is 2.19. The predicted octanol–water partition coefficient (Wildman–Crippen LogP) is 4.14. The second-order valence-corrected chi connectivity index (χ2v) is 6.50. The van der Waals surface area contributed by atoms with Crippen molar-refractivity contribution >= 4 is 5.97 Å². The molecule has 0 saturated heterocycles. The van der Waals surface area contributed by atoms with E-state index in [-0.39, 0.29) is 11.9 Å². The fraction of sp³-hybridized carbons (Fsp3) is 0.286. The Morgan fingerprint density at radius 2 is 1.92 bits per heavy atom. The van der Waals surface area contributed by atoms with E-state index in [9.17, 15) is 9.18 Å². The van der Waals surface area contributed by atoms with E-state index in [0.717, 1.165) is 5.56 Å². The average Bonchev–Trinajstić information content (AvgIpc) is 2.60. The van der Waals surface area contributed by atoms with Gasteiger partial charge in [0.15, 0.2) is 0 Å². The van der Waals surface area contributed by atoms with Gasteiger partial charge in [0.25, 0.3) is 0 Å². The molecule has 0 saturated carbocycles. The fourth-order valence-electron chi connectivity index (χ4n) is 2.19. The Bertz CT molecular complexity index is 804. The molecule has 0 aliphatic carbocycles. The van der Waals surface area contributed by atoms with Gasteiger partial charge in [-0.15, -0.1) is 0 Å². The molecule has 0 aromatic heterocycles. The van der Waals surface area contributed by atoms with Gasteiger partial charge in [-0.2, -0.15) is 0 Å². The third kappa shape index (κ3) is 5.17. The lowest BCUT2D eigenvalue weighted by Crippen LogP contribution is -2.21. The normalized spacial score (nSPS) is 12.2. The van der Waals surface area contributed by atoms with Crippen LogP contribution in [0.3, 0.4) is 0 Å². The highest BCUT2D eigenvalue weighted by Gasteiger charge is 2.23. The van der Waals surface area contributed by atoms with Crippen LogP contribution in [0.15, 0.2) is 48.5 Å². The highest BCUT2D eigenvalue weighted by Crippen LogP contribution is 2.16. The van der Waals surface area contributed by atoms with Crippen molar-refractivity contribution in [3.63, 3.8) is 0 Å². The number of benzene rings is 2. The van der Waals surface area contributed by atoms with Gasteiger partial charge in [-0.05, 0) is 44.5 Å². The topological polar surface area (TPSA) is 49.3 Å². The molecule has 3 nitrogen and oxygen atoms in total. The number of rotatable bonds is 5. The molecule has 0 radical (unpaired) electrons. The smallest absolute Gasteiger partial charge is 0.321 e. The molecule has 130 valence electrons. The summed E-state index contributed by atoms with van der Waals surface area (Å²) in [4.78, 5) is 11.1. The van der Waals surface area contributed by atoms with Crippen molar-refractivity contribution in [3.05, 3.63) is 71.0 Å². The number of carboxylic acids is 1. The number of carboxylic acid groups (broad SMARTS) is 1. The van der Waals surface area contributed by atoms with Crippen LogP contribution in [0.25, 0.3) is 0 Å². The number of hydrogen-bond acceptors (Lipinski definition) is 2. The summed E-state index contributed by atoms with van der Waals surface area (Å²) in [6, 6.07) is 14.6. The molecule has 1 atom stereocenters. The summed E-state index contributed by atoms with van der Waals surface area (Å²) in [6.45, 7) is 5.46. The lowest BCUT2D eigenvalue weighted by atomic mass is 9.94. The van der Waals surface area contributed by atoms with Gasteiger partial charge in [0.05, 0.1) is 0 Å². The van der Waals surface area contributed by atoms with E-state index in [1.165, 1.54) is 19.9 Å². The van der Waals surface area contributed by atoms with Crippen LogP contribution in [-0.2, 0) is 11.3 Å². The van der Waals surface area contributed by atoms with Crippen LogP contribution >= 0.6 is 0 Å². The molecule has 4 heteroatoms.